The topological polar surface area (TPSA) is 212 Å². The van der Waals surface area contributed by atoms with E-state index in [-0.39, 0.29) is 32.1 Å². The molecular formula is C45H73NO16. The summed E-state index contributed by atoms with van der Waals surface area (Å²) in [5.41, 5.74) is -1.51. The minimum atomic E-state index is -1.51. The third-order valence-corrected chi connectivity index (χ3v) is 11.6. The van der Waals surface area contributed by atoms with Crippen LogP contribution in [0.15, 0.2) is 24.3 Å². The van der Waals surface area contributed by atoms with Crippen LogP contribution < -0.4 is 0 Å². The number of nitrogens with zero attached hydrogens (tertiary/aromatic N) is 1. The van der Waals surface area contributed by atoms with Crippen LogP contribution in [-0.2, 0) is 66.6 Å². The minimum absolute atomic E-state index is 0.0512. The molecule has 0 aliphatic carbocycles. The van der Waals surface area contributed by atoms with Crippen LogP contribution in [0.3, 0.4) is 0 Å². The third kappa shape index (κ3) is 15.5. The quantitative estimate of drug-likeness (QED) is 0.135. The number of cyclic esters (lactones) is 1. The van der Waals surface area contributed by atoms with Gasteiger partial charge in [-0.05, 0) is 72.5 Å². The molecule has 0 bridgehead atoms. The number of hydrogen-bond donors (Lipinski definition) is 2. The van der Waals surface area contributed by atoms with Gasteiger partial charge in [-0.2, -0.15) is 0 Å². The van der Waals surface area contributed by atoms with Gasteiger partial charge in [0.25, 0.3) is 0 Å². The summed E-state index contributed by atoms with van der Waals surface area (Å²) in [6, 6.07) is -0.801. The standard InChI is InChI=1S/C45H73NO16/c1-12-14-20-35(50)60-43-29(6)56-37(25-45(43,8)53)61-40-28(5)57-44(39(52)38(40)46(9)10)62-41-31(21-22-47)23-26(3)32(59-34(49)13-2)19-17-15-16-18-27(4)55-36(51)24-33(42(41)54-11)58-30(7)48/h15-17,19,22,26-29,31-33,37-44,52-53H,12-14,18,20-21,23-25H2,1-11H3/b16-15+,19-17+/t26-,27-,28-,29+,31-,32+,33-,37-,38-,39-,40-,41+,42-,43+,44+,45+/m0/s1. The SMILES string of the molecule is CCCCC(=O)O[C@@H]1[C@@H](C)O[C@@H](O[C@@H]2[C@@H](N(C)C)[C@H](O)[C@@H](O[C@@H]3[C@@H](CC=O)C[C@H](C)[C@H](OC(=O)CC)/C=C/C=C/C[C@H](C)OC(=O)C[C@H](OC(C)=O)[C@@H]3OC)O[C@H]2C)C[C@@]1(C)O. The Morgan fingerprint density at radius 3 is 2.27 bits per heavy atom. The molecule has 0 radical (unpaired) electrons. The summed E-state index contributed by atoms with van der Waals surface area (Å²) in [5.74, 6) is -3.35. The molecule has 0 amide bonds. The highest BCUT2D eigenvalue weighted by molar-refractivity contribution is 5.72. The van der Waals surface area contributed by atoms with Crippen molar-refractivity contribution in [3.8, 4) is 0 Å². The van der Waals surface area contributed by atoms with Crippen molar-refractivity contribution in [3.63, 3.8) is 0 Å². The zero-order valence-corrected chi connectivity index (χ0v) is 38.5. The maximum absolute atomic E-state index is 13.4. The van der Waals surface area contributed by atoms with E-state index in [1.165, 1.54) is 14.0 Å². The van der Waals surface area contributed by atoms with Crippen LogP contribution in [-0.4, -0.2) is 152 Å². The molecule has 2 fully saturated rings. The Labute approximate surface area is 367 Å². The van der Waals surface area contributed by atoms with Gasteiger partial charge in [-0.1, -0.05) is 45.4 Å². The largest absolute Gasteiger partial charge is 0.462 e. The number of rotatable bonds is 15. The van der Waals surface area contributed by atoms with Crippen molar-refractivity contribution in [1.82, 2.24) is 4.90 Å². The van der Waals surface area contributed by atoms with E-state index in [1.54, 1.807) is 71.8 Å². The van der Waals surface area contributed by atoms with Crippen molar-refractivity contribution in [1.29, 1.82) is 0 Å². The smallest absolute Gasteiger partial charge is 0.309 e. The van der Waals surface area contributed by atoms with Gasteiger partial charge in [0, 0.05) is 46.1 Å². The first-order chi connectivity index (χ1) is 29.3. The van der Waals surface area contributed by atoms with E-state index < -0.39 is 127 Å². The van der Waals surface area contributed by atoms with Crippen LogP contribution in [0.5, 0.6) is 0 Å². The lowest BCUT2D eigenvalue weighted by atomic mass is 9.82. The second-order valence-electron chi connectivity index (χ2n) is 17.3. The van der Waals surface area contributed by atoms with Crippen molar-refractivity contribution in [2.24, 2.45) is 11.8 Å². The average Bonchev–Trinajstić information content (AvgIpc) is 3.18. The molecule has 17 nitrogen and oxygen atoms in total. The van der Waals surface area contributed by atoms with Crippen LogP contribution in [0.25, 0.3) is 0 Å². The predicted octanol–water partition coefficient (Wildman–Crippen LogP) is 4.12. The highest BCUT2D eigenvalue weighted by Gasteiger charge is 2.53. The summed E-state index contributed by atoms with van der Waals surface area (Å²) < 4.78 is 54.7. The van der Waals surface area contributed by atoms with Gasteiger partial charge in [0.15, 0.2) is 18.7 Å². The molecule has 17 heteroatoms. The zero-order valence-electron chi connectivity index (χ0n) is 38.5. The van der Waals surface area contributed by atoms with Crippen molar-refractivity contribution in [2.75, 3.05) is 21.2 Å². The first kappa shape index (κ1) is 53.1. The van der Waals surface area contributed by atoms with Crippen LogP contribution in [0.4, 0.5) is 0 Å². The number of carbonyl (C=O) groups excluding carboxylic acids is 5. The molecule has 0 saturated carbocycles. The summed E-state index contributed by atoms with van der Waals surface area (Å²) in [6.07, 6.45) is -2.38. The number of unbranched alkanes of at least 4 members (excludes halogenated alkanes) is 1. The van der Waals surface area contributed by atoms with E-state index in [0.29, 0.717) is 19.1 Å². The third-order valence-electron chi connectivity index (χ3n) is 11.6. The van der Waals surface area contributed by atoms with Crippen molar-refractivity contribution in [3.05, 3.63) is 24.3 Å². The number of aliphatic hydroxyl groups excluding tert-OH is 1. The summed E-state index contributed by atoms with van der Waals surface area (Å²) in [6.45, 7) is 13.4. The molecule has 3 aliphatic heterocycles. The van der Waals surface area contributed by atoms with Gasteiger partial charge in [-0.3, -0.25) is 19.2 Å². The second-order valence-corrected chi connectivity index (χ2v) is 17.3. The second kappa shape index (κ2) is 25.3. The van der Waals surface area contributed by atoms with E-state index in [9.17, 15) is 34.2 Å². The molecular weight excluding hydrogens is 810 g/mol. The van der Waals surface area contributed by atoms with Gasteiger partial charge >= 0.3 is 23.9 Å². The number of aldehydes is 1. The van der Waals surface area contributed by atoms with Crippen LogP contribution in [0.1, 0.15) is 113 Å². The fraction of sp³-hybridized carbons (Fsp3) is 0.800. The predicted molar refractivity (Wildman–Crippen MR) is 224 cm³/mol. The molecule has 3 aliphatic rings. The molecule has 0 unspecified atom stereocenters. The molecule has 0 aromatic carbocycles. The number of aliphatic hydroxyl groups is 2. The number of likely N-dealkylation sites (N-methyl/N-ethyl adjacent to an activating group) is 1. The van der Waals surface area contributed by atoms with Gasteiger partial charge in [0.1, 0.15) is 48.5 Å². The molecule has 16 atom stereocenters. The first-order valence-electron chi connectivity index (χ1n) is 22.0. The van der Waals surface area contributed by atoms with Crippen molar-refractivity contribution >= 4 is 30.2 Å². The van der Waals surface area contributed by atoms with Crippen LogP contribution >= 0.6 is 0 Å². The number of carbonyl (C=O) groups is 5. The minimum Gasteiger partial charge on any atom is -0.462 e. The summed E-state index contributed by atoms with van der Waals surface area (Å²) >= 11 is 0. The molecule has 0 aromatic rings. The normalized spacial score (nSPS) is 38.6. The number of esters is 4. The lowest BCUT2D eigenvalue weighted by Gasteiger charge is -2.50. The van der Waals surface area contributed by atoms with E-state index >= 15 is 0 Å². The fourth-order valence-corrected chi connectivity index (χ4v) is 8.46. The molecule has 3 rings (SSSR count). The molecule has 2 N–H and O–H groups in total. The molecule has 2 saturated heterocycles. The Kier molecular flexibility index (Phi) is 21.6. The molecule has 62 heavy (non-hydrogen) atoms. The van der Waals surface area contributed by atoms with E-state index in [2.05, 4.69) is 0 Å². The maximum atomic E-state index is 13.4. The van der Waals surface area contributed by atoms with Gasteiger partial charge in [-0.25, -0.2) is 0 Å². The summed E-state index contributed by atoms with van der Waals surface area (Å²) in [4.78, 5) is 65.3. The highest BCUT2D eigenvalue weighted by Crippen LogP contribution is 2.38. The molecule has 3 heterocycles. The monoisotopic (exact) mass is 883 g/mol. The van der Waals surface area contributed by atoms with Gasteiger partial charge in [-0.15, -0.1) is 0 Å². The number of allylic oxidation sites excluding steroid dienone is 2. The van der Waals surface area contributed by atoms with Crippen LogP contribution in [0, 0.1) is 11.8 Å². The van der Waals surface area contributed by atoms with Crippen molar-refractivity contribution in [2.45, 2.75) is 198 Å². The Morgan fingerprint density at radius 1 is 0.968 bits per heavy atom. The van der Waals surface area contributed by atoms with E-state index in [0.717, 1.165) is 6.42 Å². The summed E-state index contributed by atoms with van der Waals surface area (Å²) in [5, 5.41) is 23.7. The van der Waals surface area contributed by atoms with E-state index in [4.69, 9.17) is 42.6 Å². The van der Waals surface area contributed by atoms with Crippen molar-refractivity contribution < 1.29 is 76.8 Å². The maximum Gasteiger partial charge on any atom is 0.309 e. The molecule has 0 aromatic heterocycles. The first-order valence-corrected chi connectivity index (χ1v) is 22.0. The molecule has 0 spiro atoms. The fourth-order valence-electron chi connectivity index (χ4n) is 8.46. The Morgan fingerprint density at radius 2 is 1.68 bits per heavy atom. The molecule has 354 valence electrons. The average molecular weight is 884 g/mol. The van der Waals surface area contributed by atoms with Gasteiger partial charge < -0.3 is 62.5 Å². The van der Waals surface area contributed by atoms with Gasteiger partial charge in [0.2, 0.25) is 0 Å². The van der Waals surface area contributed by atoms with E-state index in [1.807, 2.05) is 19.9 Å². The van der Waals surface area contributed by atoms with Gasteiger partial charge in [0.05, 0.1) is 30.8 Å². The number of methoxy groups -OCH3 is 1. The lowest BCUT2D eigenvalue weighted by Crippen LogP contribution is -2.66. The van der Waals surface area contributed by atoms with Crippen LogP contribution in [0.2, 0.25) is 0 Å². The Hall–Kier alpha value is -3.29. The Bertz CT molecular complexity index is 1500. The number of ether oxygens (including phenoxy) is 9. The number of hydrogen-bond acceptors (Lipinski definition) is 17. The highest BCUT2D eigenvalue weighted by atomic mass is 16.7. The zero-order chi connectivity index (χ0) is 46.3. The summed E-state index contributed by atoms with van der Waals surface area (Å²) in [7, 11) is 4.85. The Balaban J connectivity index is 2.03. The lowest BCUT2D eigenvalue weighted by molar-refractivity contribution is -0.344.